The average molecular weight is 322 g/mol. The van der Waals surface area contributed by atoms with Crippen molar-refractivity contribution in [3.8, 4) is 11.8 Å². The maximum atomic E-state index is 11.2. The summed E-state index contributed by atoms with van der Waals surface area (Å²) in [7, 11) is 0. The van der Waals surface area contributed by atoms with Crippen LogP contribution in [0.3, 0.4) is 0 Å². The van der Waals surface area contributed by atoms with Gasteiger partial charge < -0.3 is 5.11 Å². The fourth-order valence-electron chi connectivity index (χ4n) is 4.01. The molecule has 0 heterocycles. The number of rotatable bonds is 4. The van der Waals surface area contributed by atoms with E-state index in [1.165, 1.54) is 6.42 Å². The van der Waals surface area contributed by atoms with Gasteiger partial charge in [-0.3, -0.25) is 0 Å². The van der Waals surface area contributed by atoms with Crippen molar-refractivity contribution in [2.45, 2.75) is 97.9 Å². The van der Waals surface area contributed by atoms with E-state index in [1.54, 1.807) is 0 Å². The zero-order valence-electron chi connectivity index (χ0n) is 16.2. The Hall–Kier alpha value is -0.560. The molecular formula is C20H34O3. The van der Waals surface area contributed by atoms with Gasteiger partial charge in [0.05, 0.1) is 5.60 Å². The third kappa shape index (κ3) is 3.06. The molecule has 0 spiro atoms. The van der Waals surface area contributed by atoms with Crippen LogP contribution in [0.15, 0.2) is 0 Å². The van der Waals surface area contributed by atoms with Gasteiger partial charge in [-0.05, 0) is 64.7 Å². The predicted molar refractivity (Wildman–Crippen MR) is 92.6 cm³/mol. The Kier molecular flexibility index (Phi) is 4.47. The van der Waals surface area contributed by atoms with Crippen LogP contribution in [0.2, 0.25) is 0 Å². The lowest BCUT2D eigenvalue weighted by Gasteiger charge is -2.42. The minimum Gasteiger partial charge on any atom is -0.377 e. The molecule has 0 aromatic rings. The van der Waals surface area contributed by atoms with Crippen molar-refractivity contribution in [2.24, 2.45) is 16.7 Å². The van der Waals surface area contributed by atoms with E-state index in [-0.39, 0.29) is 16.4 Å². The summed E-state index contributed by atoms with van der Waals surface area (Å²) < 4.78 is 0. The molecule has 0 aromatic carbocycles. The smallest absolute Gasteiger partial charge is 0.158 e. The van der Waals surface area contributed by atoms with Crippen molar-refractivity contribution >= 4 is 0 Å². The third-order valence-electron chi connectivity index (χ3n) is 6.79. The zero-order chi connectivity index (χ0) is 17.7. The lowest BCUT2D eigenvalue weighted by Crippen LogP contribution is -2.46. The maximum Gasteiger partial charge on any atom is 0.158 e. The average Bonchev–Trinajstić information content (AvgIpc) is 2.76. The number of aliphatic hydroxyl groups is 1. The number of hydrogen-bond acceptors (Lipinski definition) is 3. The molecule has 2 rings (SSSR count). The summed E-state index contributed by atoms with van der Waals surface area (Å²) in [6.07, 6.45) is 3.85. The molecule has 3 heteroatoms. The van der Waals surface area contributed by atoms with Gasteiger partial charge in [0, 0.05) is 5.41 Å². The first-order valence-corrected chi connectivity index (χ1v) is 8.92. The zero-order valence-corrected chi connectivity index (χ0v) is 16.2. The SMILES string of the molecule is CCC(C)(C)OOC(C)(C)C#C[C@@]1(O)C[C@H]2CC[C@@]1(C)C2(C)C. The van der Waals surface area contributed by atoms with Crippen LogP contribution in [-0.2, 0) is 9.78 Å². The molecule has 0 unspecified atom stereocenters. The Morgan fingerprint density at radius 3 is 2.17 bits per heavy atom. The molecular weight excluding hydrogens is 288 g/mol. The van der Waals surface area contributed by atoms with E-state index in [0.717, 1.165) is 19.3 Å². The molecule has 0 aromatic heterocycles. The summed E-state index contributed by atoms with van der Waals surface area (Å²) in [5, 5.41) is 11.2. The highest BCUT2D eigenvalue weighted by Gasteiger charge is 2.68. The highest BCUT2D eigenvalue weighted by Crippen LogP contribution is 2.69. The summed E-state index contributed by atoms with van der Waals surface area (Å²) in [5.41, 5.74) is -2.04. The van der Waals surface area contributed by atoms with Gasteiger partial charge in [0.1, 0.15) is 5.60 Å². The topological polar surface area (TPSA) is 38.7 Å². The van der Waals surface area contributed by atoms with E-state index >= 15 is 0 Å². The molecule has 0 saturated heterocycles. The van der Waals surface area contributed by atoms with Crippen LogP contribution in [0.4, 0.5) is 0 Å². The highest BCUT2D eigenvalue weighted by molar-refractivity contribution is 5.31. The summed E-state index contributed by atoms with van der Waals surface area (Å²) in [6, 6.07) is 0. The minimum atomic E-state index is -0.930. The van der Waals surface area contributed by atoms with Crippen molar-refractivity contribution < 1.29 is 14.9 Å². The molecule has 0 amide bonds. The summed E-state index contributed by atoms with van der Waals surface area (Å²) >= 11 is 0. The molecule has 2 aliphatic rings. The first-order chi connectivity index (χ1) is 10.3. The lowest BCUT2D eigenvalue weighted by molar-refractivity contribution is -0.388. The van der Waals surface area contributed by atoms with Crippen molar-refractivity contribution in [1.29, 1.82) is 0 Å². The molecule has 2 bridgehead atoms. The number of hydrogen-bond donors (Lipinski definition) is 1. The van der Waals surface area contributed by atoms with Gasteiger partial charge in [0.25, 0.3) is 0 Å². The first-order valence-electron chi connectivity index (χ1n) is 8.92. The van der Waals surface area contributed by atoms with Crippen LogP contribution < -0.4 is 0 Å². The predicted octanol–water partition coefficient (Wildman–Crippen LogP) is 4.48. The molecule has 132 valence electrons. The van der Waals surface area contributed by atoms with Gasteiger partial charge in [-0.15, -0.1) is 0 Å². The Labute approximate surface area is 142 Å². The van der Waals surface area contributed by atoms with Gasteiger partial charge in [0.2, 0.25) is 0 Å². The standard InChI is InChI=1S/C20H34O3/c1-9-16(2,3)22-23-17(4,5)12-13-20(21)14-15-10-11-19(20,8)18(15,6)7/h15,21H,9-11,14H2,1-8H3/t15-,19+,20-/m1/s1. The minimum absolute atomic E-state index is 0.127. The fraction of sp³-hybridized carbons (Fsp3) is 0.900. The van der Waals surface area contributed by atoms with E-state index < -0.39 is 11.2 Å². The molecule has 2 saturated carbocycles. The molecule has 2 aliphatic carbocycles. The second-order valence-electron chi connectivity index (χ2n) is 9.39. The Morgan fingerprint density at radius 1 is 1.13 bits per heavy atom. The van der Waals surface area contributed by atoms with Gasteiger partial charge in [-0.2, -0.15) is 0 Å². The second kappa shape index (κ2) is 5.48. The largest absolute Gasteiger partial charge is 0.377 e. The van der Waals surface area contributed by atoms with Crippen molar-refractivity contribution in [3.63, 3.8) is 0 Å². The van der Waals surface area contributed by atoms with Crippen LogP contribution in [0.25, 0.3) is 0 Å². The van der Waals surface area contributed by atoms with Crippen LogP contribution in [0.5, 0.6) is 0 Å². The van der Waals surface area contributed by atoms with Gasteiger partial charge in [-0.1, -0.05) is 39.5 Å². The Morgan fingerprint density at radius 2 is 1.74 bits per heavy atom. The summed E-state index contributed by atoms with van der Waals surface area (Å²) in [4.78, 5) is 11.1. The van der Waals surface area contributed by atoms with E-state index in [2.05, 4.69) is 39.5 Å². The summed E-state index contributed by atoms with van der Waals surface area (Å²) in [6.45, 7) is 16.6. The van der Waals surface area contributed by atoms with Crippen molar-refractivity contribution in [2.75, 3.05) is 0 Å². The van der Waals surface area contributed by atoms with E-state index in [4.69, 9.17) is 9.78 Å². The van der Waals surface area contributed by atoms with Crippen LogP contribution >= 0.6 is 0 Å². The molecule has 23 heavy (non-hydrogen) atoms. The van der Waals surface area contributed by atoms with Gasteiger partial charge in [-0.25, -0.2) is 9.78 Å². The van der Waals surface area contributed by atoms with E-state index in [9.17, 15) is 5.11 Å². The summed E-state index contributed by atoms with van der Waals surface area (Å²) in [5.74, 6) is 6.87. The molecule has 2 fully saturated rings. The monoisotopic (exact) mass is 322 g/mol. The Bertz CT molecular complexity index is 523. The van der Waals surface area contributed by atoms with Gasteiger partial charge in [0.15, 0.2) is 5.60 Å². The lowest BCUT2D eigenvalue weighted by atomic mass is 9.64. The second-order valence-corrected chi connectivity index (χ2v) is 9.39. The van der Waals surface area contributed by atoms with E-state index in [1.807, 2.05) is 27.7 Å². The molecule has 0 aliphatic heterocycles. The van der Waals surface area contributed by atoms with Gasteiger partial charge >= 0.3 is 0 Å². The van der Waals surface area contributed by atoms with Crippen LogP contribution in [-0.4, -0.2) is 21.9 Å². The quantitative estimate of drug-likeness (QED) is 0.471. The maximum absolute atomic E-state index is 11.2. The highest BCUT2D eigenvalue weighted by atomic mass is 17.2. The molecule has 3 nitrogen and oxygen atoms in total. The molecule has 1 N–H and O–H groups in total. The first kappa shape index (κ1) is 18.8. The van der Waals surface area contributed by atoms with Crippen LogP contribution in [0.1, 0.15) is 81.1 Å². The van der Waals surface area contributed by atoms with Crippen LogP contribution in [0, 0.1) is 28.6 Å². The number of fused-ring (bicyclic) bond motifs is 2. The molecule has 0 radical (unpaired) electrons. The third-order valence-corrected chi connectivity index (χ3v) is 6.79. The normalized spacial score (nSPS) is 36.0. The molecule has 3 atom stereocenters. The Balaban J connectivity index is 2.15. The fourth-order valence-corrected chi connectivity index (χ4v) is 4.01. The van der Waals surface area contributed by atoms with Crippen molar-refractivity contribution in [1.82, 2.24) is 0 Å². The van der Waals surface area contributed by atoms with E-state index in [0.29, 0.717) is 5.92 Å². The van der Waals surface area contributed by atoms with Crippen molar-refractivity contribution in [3.05, 3.63) is 0 Å².